The van der Waals surface area contributed by atoms with Gasteiger partial charge >= 0.3 is 0 Å². The Labute approximate surface area is 117 Å². The molecule has 2 aromatic rings. The molecule has 0 radical (unpaired) electrons. The monoisotopic (exact) mass is 275 g/mol. The highest BCUT2D eigenvalue weighted by Crippen LogP contribution is 2.25. The number of rotatable bonds is 6. The predicted molar refractivity (Wildman–Crippen MR) is 73.8 cm³/mol. The summed E-state index contributed by atoms with van der Waals surface area (Å²) in [7, 11) is 1.46. The smallest absolute Gasteiger partial charge is 0.251 e. The van der Waals surface area contributed by atoms with Crippen LogP contribution in [0.3, 0.4) is 0 Å². The van der Waals surface area contributed by atoms with Crippen molar-refractivity contribution in [2.45, 2.75) is 13.0 Å². The van der Waals surface area contributed by atoms with E-state index in [0.29, 0.717) is 17.9 Å². The van der Waals surface area contributed by atoms with E-state index in [0.717, 1.165) is 13.0 Å². The summed E-state index contributed by atoms with van der Waals surface area (Å²) in [4.78, 5) is 11.9. The molecule has 0 aliphatic rings. The molecule has 106 valence electrons. The number of nitrogens with zero attached hydrogens (tertiary/aromatic N) is 2. The quantitative estimate of drug-likeness (QED) is 0.782. The zero-order chi connectivity index (χ0) is 14.4. The molecular weight excluding hydrogens is 258 g/mol. The van der Waals surface area contributed by atoms with Crippen molar-refractivity contribution in [1.29, 1.82) is 0 Å². The van der Waals surface area contributed by atoms with Gasteiger partial charge in [0.2, 0.25) is 0 Å². The minimum absolute atomic E-state index is 0.0447. The van der Waals surface area contributed by atoms with Crippen molar-refractivity contribution in [2.24, 2.45) is 0 Å². The molecule has 0 atom stereocenters. The Morgan fingerprint density at radius 3 is 3.00 bits per heavy atom. The van der Waals surface area contributed by atoms with Crippen molar-refractivity contribution >= 4 is 5.91 Å². The van der Waals surface area contributed by atoms with Crippen LogP contribution < -0.4 is 10.1 Å². The maximum absolute atomic E-state index is 11.9. The SMILES string of the molecule is COc1ccc(C(=O)NCCCn2cccn2)cc1O. The topological polar surface area (TPSA) is 76.4 Å². The Bertz CT molecular complexity index is 567. The van der Waals surface area contributed by atoms with Gasteiger partial charge in [-0.3, -0.25) is 9.48 Å². The normalized spacial score (nSPS) is 10.2. The lowest BCUT2D eigenvalue weighted by Gasteiger charge is -2.07. The third kappa shape index (κ3) is 3.50. The fourth-order valence-corrected chi connectivity index (χ4v) is 1.81. The third-order valence-corrected chi connectivity index (χ3v) is 2.85. The highest BCUT2D eigenvalue weighted by Gasteiger charge is 2.08. The van der Waals surface area contributed by atoms with Crippen molar-refractivity contribution < 1.29 is 14.6 Å². The van der Waals surface area contributed by atoms with Crippen LogP contribution in [0.25, 0.3) is 0 Å². The first-order valence-corrected chi connectivity index (χ1v) is 6.33. The zero-order valence-corrected chi connectivity index (χ0v) is 11.2. The molecular formula is C14H17N3O3. The zero-order valence-electron chi connectivity index (χ0n) is 11.2. The van der Waals surface area contributed by atoms with Gasteiger partial charge in [-0.2, -0.15) is 5.10 Å². The molecule has 0 spiro atoms. The molecule has 0 bridgehead atoms. The number of phenolic OH excluding ortho intramolecular Hbond substituents is 1. The summed E-state index contributed by atoms with van der Waals surface area (Å²) in [5, 5.41) is 16.5. The van der Waals surface area contributed by atoms with Crippen LogP contribution in [-0.2, 0) is 6.54 Å². The maximum Gasteiger partial charge on any atom is 0.251 e. The highest BCUT2D eigenvalue weighted by atomic mass is 16.5. The molecule has 1 aromatic heterocycles. The Hall–Kier alpha value is -2.50. The van der Waals surface area contributed by atoms with Crippen LogP contribution in [-0.4, -0.2) is 34.4 Å². The number of hydrogen-bond acceptors (Lipinski definition) is 4. The fourth-order valence-electron chi connectivity index (χ4n) is 1.81. The van der Waals surface area contributed by atoms with Gasteiger partial charge in [-0.1, -0.05) is 0 Å². The summed E-state index contributed by atoms with van der Waals surface area (Å²) >= 11 is 0. The Kier molecular flexibility index (Phi) is 4.60. The summed E-state index contributed by atoms with van der Waals surface area (Å²) in [6.07, 6.45) is 4.39. The molecule has 0 aliphatic heterocycles. The van der Waals surface area contributed by atoms with Crippen LogP contribution in [0.2, 0.25) is 0 Å². The van der Waals surface area contributed by atoms with Crippen LogP contribution in [0.15, 0.2) is 36.7 Å². The number of carbonyl (C=O) groups excluding carboxylic acids is 1. The van der Waals surface area contributed by atoms with Gasteiger partial charge in [-0.25, -0.2) is 0 Å². The average Bonchev–Trinajstić information content (AvgIpc) is 2.96. The number of methoxy groups -OCH3 is 1. The minimum atomic E-state index is -0.219. The third-order valence-electron chi connectivity index (χ3n) is 2.85. The molecule has 0 saturated carbocycles. The van der Waals surface area contributed by atoms with Gasteiger partial charge in [0.1, 0.15) is 0 Å². The van der Waals surface area contributed by atoms with E-state index in [-0.39, 0.29) is 11.7 Å². The summed E-state index contributed by atoms with van der Waals surface area (Å²) in [6, 6.07) is 6.43. The predicted octanol–water partition coefficient (Wildman–Crippen LogP) is 1.42. The number of nitrogens with one attached hydrogen (secondary N) is 1. The number of benzene rings is 1. The lowest BCUT2D eigenvalue weighted by atomic mass is 10.2. The second kappa shape index (κ2) is 6.60. The van der Waals surface area contributed by atoms with Crippen LogP contribution in [0, 0.1) is 0 Å². The molecule has 0 unspecified atom stereocenters. The summed E-state index contributed by atoms with van der Waals surface area (Å²) in [6.45, 7) is 1.30. The first-order chi connectivity index (χ1) is 9.70. The van der Waals surface area contributed by atoms with E-state index in [4.69, 9.17) is 4.74 Å². The van der Waals surface area contributed by atoms with Crippen molar-refractivity contribution in [3.63, 3.8) is 0 Å². The van der Waals surface area contributed by atoms with Gasteiger partial charge in [0, 0.05) is 31.0 Å². The van der Waals surface area contributed by atoms with E-state index in [2.05, 4.69) is 10.4 Å². The van der Waals surface area contributed by atoms with E-state index >= 15 is 0 Å². The van der Waals surface area contributed by atoms with E-state index in [1.807, 2.05) is 16.9 Å². The van der Waals surface area contributed by atoms with Crippen LogP contribution in [0.5, 0.6) is 11.5 Å². The summed E-state index contributed by atoms with van der Waals surface area (Å²) < 4.78 is 6.74. The Balaban J connectivity index is 1.81. The number of phenols is 1. The fraction of sp³-hybridized carbons (Fsp3) is 0.286. The number of aromatic hydroxyl groups is 1. The van der Waals surface area contributed by atoms with Gasteiger partial charge in [0.25, 0.3) is 5.91 Å². The molecule has 1 amide bonds. The largest absolute Gasteiger partial charge is 0.504 e. The molecule has 6 nitrogen and oxygen atoms in total. The standard InChI is InChI=1S/C14H17N3O3/c1-20-13-5-4-11(10-12(13)18)14(19)15-6-2-8-17-9-3-7-16-17/h3-5,7,9-10,18H,2,6,8H2,1H3,(H,15,19). The molecule has 2 rings (SSSR count). The lowest BCUT2D eigenvalue weighted by molar-refractivity contribution is 0.0952. The van der Waals surface area contributed by atoms with Crippen LogP contribution in [0.4, 0.5) is 0 Å². The van der Waals surface area contributed by atoms with E-state index < -0.39 is 0 Å². The maximum atomic E-state index is 11.9. The molecule has 0 fully saturated rings. The Morgan fingerprint density at radius 2 is 2.35 bits per heavy atom. The Morgan fingerprint density at radius 1 is 1.50 bits per heavy atom. The van der Waals surface area contributed by atoms with Gasteiger partial charge in [0.05, 0.1) is 7.11 Å². The molecule has 1 heterocycles. The van der Waals surface area contributed by atoms with Gasteiger partial charge in [0.15, 0.2) is 11.5 Å². The molecule has 6 heteroatoms. The lowest BCUT2D eigenvalue weighted by Crippen LogP contribution is -2.25. The van der Waals surface area contributed by atoms with E-state index in [9.17, 15) is 9.90 Å². The minimum Gasteiger partial charge on any atom is -0.504 e. The van der Waals surface area contributed by atoms with Crippen molar-refractivity contribution in [2.75, 3.05) is 13.7 Å². The number of aryl methyl sites for hydroxylation is 1. The number of carbonyl (C=O) groups is 1. The van der Waals surface area contributed by atoms with Crippen LogP contribution >= 0.6 is 0 Å². The first kappa shape index (κ1) is 13.9. The summed E-state index contributed by atoms with van der Waals surface area (Å²) in [5.41, 5.74) is 0.405. The van der Waals surface area contributed by atoms with E-state index in [1.54, 1.807) is 18.3 Å². The number of hydrogen-bond donors (Lipinski definition) is 2. The van der Waals surface area contributed by atoms with E-state index in [1.165, 1.54) is 13.2 Å². The number of aromatic nitrogens is 2. The first-order valence-electron chi connectivity index (χ1n) is 6.33. The van der Waals surface area contributed by atoms with Crippen molar-refractivity contribution in [3.05, 3.63) is 42.2 Å². The second-order valence-corrected chi connectivity index (χ2v) is 4.27. The summed E-state index contributed by atoms with van der Waals surface area (Å²) in [5.74, 6) is 0.0836. The molecule has 2 N–H and O–H groups in total. The molecule has 20 heavy (non-hydrogen) atoms. The molecule has 0 aliphatic carbocycles. The van der Waals surface area contributed by atoms with Crippen molar-refractivity contribution in [3.8, 4) is 11.5 Å². The van der Waals surface area contributed by atoms with Gasteiger partial charge in [-0.05, 0) is 30.7 Å². The number of ether oxygens (including phenoxy) is 1. The molecule has 1 aromatic carbocycles. The highest BCUT2D eigenvalue weighted by molar-refractivity contribution is 5.94. The second-order valence-electron chi connectivity index (χ2n) is 4.27. The number of amides is 1. The van der Waals surface area contributed by atoms with Gasteiger partial charge < -0.3 is 15.2 Å². The average molecular weight is 275 g/mol. The van der Waals surface area contributed by atoms with Gasteiger partial charge in [-0.15, -0.1) is 0 Å². The molecule has 0 saturated heterocycles. The van der Waals surface area contributed by atoms with Crippen molar-refractivity contribution in [1.82, 2.24) is 15.1 Å². The van der Waals surface area contributed by atoms with Crippen LogP contribution in [0.1, 0.15) is 16.8 Å².